The van der Waals surface area contributed by atoms with Gasteiger partial charge in [-0.3, -0.25) is 14.4 Å². The van der Waals surface area contributed by atoms with Gasteiger partial charge in [0.25, 0.3) is 0 Å². The van der Waals surface area contributed by atoms with Crippen LogP contribution in [0.25, 0.3) is 0 Å². The van der Waals surface area contributed by atoms with Gasteiger partial charge in [0, 0.05) is 30.1 Å². The van der Waals surface area contributed by atoms with Gasteiger partial charge in [-0.1, -0.05) is 60.6 Å². The number of hydrogen-bond acceptors (Lipinski definition) is 8. The lowest BCUT2D eigenvalue weighted by molar-refractivity contribution is -0.172. The van der Waals surface area contributed by atoms with E-state index in [2.05, 4.69) is 26.8 Å². The molecule has 50 heavy (non-hydrogen) atoms. The van der Waals surface area contributed by atoms with Crippen LogP contribution in [0.5, 0.6) is 0 Å². The van der Waals surface area contributed by atoms with Crippen molar-refractivity contribution in [3.05, 3.63) is 12.2 Å². The lowest BCUT2D eigenvalue weighted by atomic mass is 9.83. The summed E-state index contributed by atoms with van der Waals surface area (Å²) in [5, 5.41) is 41.2. The molecule has 0 saturated carbocycles. The van der Waals surface area contributed by atoms with Crippen LogP contribution in [-0.4, -0.2) is 79.7 Å². The Morgan fingerprint density at radius 3 is 1.96 bits per heavy atom. The number of ether oxygens (including phenoxy) is 2. The molecular formula is C41H72O9. The first kappa shape index (κ1) is 44.5. The van der Waals surface area contributed by atoms with Crippen LogP contribution >= 0.6 is 0 Å². The van der Waals surface area contributed by atoms with Crippen LogP contribution < -0.4 is 0 Å². The Morgan fingerprint density at radius 1 is 0.800 bits per heavy atom. The summed E-state index contributed by atoms with van der Waals surface area (Å²) in [6.07, 6.45) is 9.30. The van der Waals surface area contributed by atoms with Crippen LogP contribution in [0.15, 0.2) is 12.2 Å². The van der Waals surface area contributed by atoms with E-state index in [1.54, 1.807) is 6.92 Å². The highest BCUT2D eigenvalue weighted by Crippen LogP contribution is 2.45. The van der Waals surface area contributed by atoms with Gasteiger partial charge in [0.2, 0.25) is 0 Å². The van der Waals surface area contributed by atoms with Gasteiger partial charge in [-0.2, -0.15) is 0 Å². The number of carboxylic acids is 1. The summed E-state index contributed by atoms with van der Waals surface area (Å²) in [7, 11) is 0. The second kappa shape index (κ2) is 20.0. The topological polar surface area (TPSA) is 151 Å². The highest BCUT2D eigenvalue weighted by molar-refractivity contribution is 6.00. The number of Topliss-reactive ketones (excluding diaryl/α,β-unsaturated/α-hetero) is 2. The first-order valence-electron chi connectivity index (χ1n) is 19.5. The summed E-state index contributed by atoms with van der Waals surface area (Å²) in [6, 6.07) is 0. The quantitative estimate of drug-likeness (QED) is 0.0633. The van der Waals surface area contributed by atoms with Crippen molar-refractivity contribution in [2.75, 3.05) is 0 Å². The maximum absolute atomic E-state index is 12.9. The van der Waals surface area contributed by atoms with Gasteiger partial charge in [-0.05, 0) is 103 Å². The number of carboxylic acid groups (broad SMARTS) is 1. The monoisotopic (exact) mass is 709 g/mol. The van der Waals surface area contributed by atoms with Crippen LogP contribution in [0.3, 0.4) is 0 Å². The molecule has 0 aromatic heterocycles. The number of aliphatic carboxylic acids is 1. The molecule has 14 atom stereocenters. The third kappa shape index (κ3) is 13.7. The SMILES string of the molecule is C[C@H](CCC(=O)O)C[C@H](C)C[C@H](C)C(=O)CC(=O)[C@H](C)C[C@H](C)C/C=C/[C@@H](C)[C@@H](O)[C@@H](C)[C@@H](O)C[C@@H]1CC[C@@](C)([C@H]2CC[C@@](C)([C@@H](C)O)O2)O1. The number of ketones is 2. The average molecular weight is 709 g/mol. The first-order chi connectivity index (χ1) is 23.2. The molecule has 0 spiro atoms. The van der Waals surface area contributed by atoms with Crippen molar-refractivity contribution in [3.63, 3.8) is 0 Å². The average Bonchev–Trinajstić information content (AvgIpc) is 3.63. The molecule has 2 aliphatic heterocycles. The molecule has 2 saturated heterocycles. The minimum Gasteiger partial charge on any atom is -0.481 e. The minimum atomic E-state index is -0.783. The van der Waals surface area contributed by atoms with Gasteiger partial charge in [-0.15, -0.1) is 0 Å². The second-order valence-electron chi connectivity index (χ2n) is 17.3. The fraction of sp³-hybridized carbons (Fsp3) is 0.878. The van der Waals surface area contributed by atoms with Crippen molar-refractivity contribution < 1.29 is 44.3 Å². The molecule has 0 amide bonds. The molecule has 0 aromatic carbocycles. The summed E-state index contributed by atoms with van der Waals surface area (Å²) >= 11 is 0. The zero-order chi connectivity index (χ0) is 38.0. The molecule has 0 bridgehead atoms. The molecule has 2 rings (SSSR count). The van der Waals surface area contributed by atoms with Gasteiger partial charge in [-0.25, -0.2) is 0 Å². The molecular weight excluding hydrogens is 636 g/mol. The molecule has 4 N–H and O–H groups in total. The Morgan fingerprint density at radius 2 is 1.40 bits per heavy atom. The van der Waals surface area contributed by atoms with Crippen molar-refractivity contribution in [3.8, 4) is 0 Å². The van der Waals surface area contributed by atoms with Gasteiger partial charge < -0.3 is 29.9 Å². The fourth-order valence-electron chi connectivity index (χ4n) is 8.13. The predicted molar refractivity (Wildman–Crippen MR) is 197 cm³/mol. The molecule has 290 valence electrons. The normalized spacial score (nSPS) is 30.3. The summed E-state index contributed by atoms with van der Waals surface area (Å²) in [4.78, 5) is 36.6. The van der Waals surface area contributed by atoms with Crippen molar-refractivity contribution in [2.24, 2.45) is 41.4 Å². The van der Waals surface area contributed by atoms with Crippen LogP contribution in [0.2, 0.25) is 0 Å². The molecule has 0 unspecified atom stereocenters. The van der Waals surface area contributed by atoms with E-state index < -0.39 is 35.5 Å². The van der Waals surface area contributed by atoms with E-state index in [1.165, 1.54) is 0 Å². The summed E-state index contributed by atoms with van der Waals surface area (Å²) in [5.41, 5.74) is -1.01. The number of hydrogen-bond donors (Lipinski definition) is 4. The molecule has 2 heterocycles. The number of aliphatic hydroxyl groups excluding tert-OH is 3. The largest absolute Gasteiger partial charge is 0.481 e. The van der Waals surface area contributed by atoms with Gasteiger partial charge >= 0.3 is 5.97 Å². The smallest absolute Gasteiger partial charge is 0.303 e. The Labute approximate surface area is 303 Å². The van der Waals surface area contributed by atoms with E-state index in [1.807, 2.05) is 47.6 Å². The number of carbonyl (C=O) groups excluding carboxylic acids is 2. The fourth-order valence-corrected chi connectivity index (χ4v) is 8.13. The number of allylic oxidation sites excluding steroid dienone is 1. The summed E-state index contributed by atoms with van der Waals surface area (Å²) in [6.45, 7) is 19.6. The van der Waals surface area contributed by atoms with E-state index in [-0.39, 0.29) is 78.0 Å². The highest BCUT2D eigenvalue weighted by Gasteiger charge is 2.51. The maximum atomic E-state index is 12.9. The molecule has 9 nitrogen and oxygen atoms in total. The third-order valence-electron chi connectivity index (χ3n) is 12.1. The Hall–Kier alpha value is -1.65. The molecule has 0 aliphatic carbocycles. The van der Waals surface area contributed by atoms with Crippen LogP contribution in [0, 0.1) is 41.4 Å². The highest BCUT2D eigenvalue weighted by atomic mass is 16.6. The van der Waals surface area contributed by atoms with E-state index in [0.717, 1.165) is 38.5 Å². The van der Waals surface area contributed by atoms with Crippen LogP contribution in [0.4, 0.5) is 0 Å². The number of carbonyl (C=O) groups is 3. The van der Waals surface area contributed by atoms with Crippen molar-refractivity contribution >= 4 is 17.5 Å². The van der Waals surface area contributed by atoms with Crippen LogP contribution in [-0.2, 0) is 23.9 Å². The maximum Gasteiger partial charge on any atom is 0.303 e. The van der Waals surface area contributed by atoms with Gasteiger partial charge in [0.05, 0.1) is 48.1 Å². The molecule has 2 fully saturated rings. The summed E-state index contributed by atoms with van der Waals surface area (Å²) in [5.74, 6) is -0.948. The predicted octanol–water partition coefficient (Wildman–Crippen LogP) is 7.32. The zero-order valence-corrected chi connectivity index (χ0v) is 32.9. The van der Waals surface area contributed by atoms with E-state index in [0.29, 0.717) is 25.7 Å². The van der Waals surface area contributed by atoms with E-state index >= 15 is 0 Å². The number of aliphatic hydroxyl groups is 3. The van der Waals surface area contributed by atoms with Crippen molar-refractivity contribution in [1.29, 1.82) is 0 Å². The third-order valence-corrected chi connectivity index (χ3v) is 12.1. The standard InChI is InChI=1S/C41H72O9/c1-25(21-29(5)34(43)24-35(44)30(6)22-27(3)20-26(2)14-15-38(46)47)12-11-13-28(4)39(48)31(7)36(45)23-33-16-18-41(10,49-33)37-17-19-40(9,50-37)32(8)42/h11,13,25-33,36-37,39,42,45,48H,12,14-24H2,1-10H3,(H,46,47)/b13-11+/t25-,26-,27+,28-,29-,30+,31+,32-,33+,36+,37-,39-,40+,41+/m1/s1. The minimum absolute atomic E-state index is 0.0184. The van der Waals surface area contributed by atoms with E-state index in [4.69, 9.17) is 14.6 Å². The Bertz CT molecular complexity index is 1110. The molecule has 9 heteroatoms. The number of rotatable bonds is 23. The summed E-state index contributed by atoms with van der Waals surface area (Å²) < 4.78 is 12.7. The first-order valence-corrected chi connectivity index (χ1v) is 19.5. The molecule has 2 aliphatic rings. The zero-order valence-electron chi connectivity index (χ0n) is 32.9. The lowest BCUT2D eigenvalue weighted by Crippen LogP contribution is -2.44. The lowest BCUT2D eigenvalue weighted by Gasteiger charge is -2.35. The molecule has 0 radical (unpaired) electrons. The van der Waals surface area contributed by atoms with Gasteiger partial charge in [0.15, 0.2) is 0 Å². The van der Waals surface area contributed by atoms with Crippen LogP contribution in [0.1, 0.15) is 146 Å². The Kier molecular flexibility index (Phi) is 17.8. The second-order valence-corrected chi connectivity index (χ2v) is 17.3. The van der Waals surface area contributed by atoms with Crippen molar-refractivity contribution in [1.82, 2.24) is 0 Å². The van der Waals surface area contributed by atoms with Crippen molar-refractivity contribution in [2.45, 2.75) is 188 Å². The molecule has 0 aromatic rings. The van der Waals surface area contributed by atoms with Gasteiger partial charge in [0.1, 0.15) is 11.6 Å². The Balaban J connectivity index is 1.73. The van der Waals surface area contributed by atoms with E-state index in [9.17, 15) is 29.7 Å².